The van der Waals surface area contributed by atoms with Crippen LogP contribution in [0.1, 0.15) is 5.56 Å². The number of aromatic nitrogens is 2. The molecule has 0 unspecified atom stereocenters. The van der Waals surface area contributed by atoms with Gasteiger partial charge in [-0.25, -0.2) is 4.98 Å². The van der Waals surface area contributed by atoms with Crippen LogP contribution in [0.15, 0.2) is 35.7 Å². The van der Waals surface area contributed by atoms with E-state index in [1.807, 2.05) is 30.6 Å². The topological polar surface area (TPSA) is 17.8 Å². The van der Waals surface area contributed by atoms with E-state index >= 15 is 0 Å². The highest BCUT2D eigenvalue weighted by Gasteiger charge is 2.16. The Hall–Kier alpha value is -0.930. The summed E-state index contributed by atoms with van der Waals surface area (Å²) in [7, 11) is 0. The lowest BCUT2D eigenvalue weighted by molar-refractivity contribution is 0.872. The van der Waals surface area contributed by atoms with Crippen molar-refractivity contribution in [2.45, 2.75) is 10.9 Å². The van der Waals surface area contributed by atoms with Crippen LogP contribution < -0.4 is 0 Å². The number of imidazole rings is 1. The first-order valence-electron chi connectivity index (χ1n) is 4.29. The Kier molecular flexibility index (Phi) is 1.82. The number of rotatable bonds is 0. The standard InChI is InChI=1S/C10H7ClN2S/c11-8-1-2-9-7(5-8)6-14-10-12-3-4-13(9)10/h1-5H,6H2. The molecule has 1 aliphatic rings. The Balaban J connectivity index is 2.26. The van der Waals surface area contributed by atoms with Crippen LogP contribution in [-0.4, -0.2) is 9.55 Å². The summed E-state index contributed by atoms with van der Waals surface area (Å²) in [6, 6.07) is 5.98. The highest BCUT2D eigenvalue weighted by atomic mass is 35.5. The van der Waals surface area contributed by atoms with E-state index in [1.165, 1.54) is 11.3 Å². The average Bonchev–Trinajstić information content (AvgIpc) is 2.65. The summed E-state index contributed by atoms with van der Waals surface area (Å²) in [6.45, 7) is 0. The first kappa shape index (κ1) is 8.38. The minimum Gasteiger partial charge on any atom is -0.295 e. The van der Waals surface area contributed by atoms with Crippen LogP contribution in [0.25, 0.3) is 5.69 Å². The smallest absolute Gasteiger partial charge is 0.172 e. The molecular formula is C10H7ClN2S. The molecule has 2 aromatic rings. The summed E-state index contributed by atoms with van der Waals surface area (Å²) in [5.41, 5.74) is 2.47. The van der Waals surface area contributed by atoms with Crippen molar-refractivity contribution in [1.29, 1.82) is 0 Å². The van der Waals surface area contributed by atoms with E-state index in [4.69, 9.17) is 11.6 Å². The van der Waals surface area contributed by atoms with Gasteiger partial charge in [0.15, 0.2) is 5.16 Å². The number of benzene rings is 1. The Morgan fingerprint density at radius 3 is 3.29 bits per heavy atom. The molecule has 1 aromatic heterocycles. The Morgan fingerprint density at radius 2 is 2.36 bits per heavy atom. The van der Waals surface area contributed by atoms with Gasteiger partial charge in [0.25, 0.3) is 0 Å². The van der Waals surface area contributed by atoms with Crippen molar-refractivity contribution in [1.82, 2.24) is 9.55 Å². The van der Waals surface area contributed by atoms with Crippen LogP contribution in [-0.2, 0) is 5.75 Å². The first-order valence-corrected chi connectivity index (χ1v) is 5.66. The second kappa shape index (κ2) is 3.04. The zero-order valence-electron chi connectivity index (χ0n) is 7.27. The van der Waals surface area contributed by atoms with Crippen LogP contribution in [0.3, 0.4) is 0 Å². The predicted octanol–water partition coefficient (Wildman–Crippen LogP) is 3.13. The minimum atomic E-state index is 0.799. The second-order valence-electron chi connectivity index (χ2n) is 3.14. The molecule has 1 aliphatic heterocycles. The van der Waals surface area contributed by atoms with Crippen molar-refractivity contribution < 1.29 is 0 Å². The van der Waals surface area contributed by atoms with Crippen LogP contribution in [0, 0.1) is 0 Å². The SMILES string of the molecule is Clc1ccc2c(c1)CSc1nccn1-2. The number of hydrogen-bond donors (Lipinski definition) is 0. The van der Waals surface area contributed by atoms with E-state index in [1.54, 1.807) is 11.8 Å². The molecule has 0 amide bonds. The van der Waals surface area contributed by atoms with Crippen molar-refractivity contribution in [3.05, 3.63) is 41.2 Å². The molecule has 0 saturated heterocycles. The molecule has 0 saturated carbocycles. The van der Waals surface area contributed by atoms with Crippen molar-refractivity contribution in [2.75, 3.05) is 0 Å². The lowest BCUT2D eigenvalue weighted by Crippen LogP contribution is -2.04. The fourth-order valence-corrected chi connectivity index (χ4v) is 2.77. The molecular weight excluding hydrogens is 216 g/mol. The molecule has 0 fully saturated rings. The third-order valence-corrected chi connectivity index (χ3v) is 3.52. The molecule has 2 nitrogen and oxygen atoms in total. The Bertz CT molecular complexity index is 493. The van der Waals surface area contributed by atoms with Gasteiger partial charge in [0.2, 0.25) is 0 Å². The number of fused-ring (bicyclic) bond motifs is 3. The Morgan fingerprint density at radius 1 is 1.43 bits per heavy atom. The molecule has 14 heavy (non-hydrogen) atoms. The third kappa shape index (κ3) is 1.16. The number of nitrogens with zero attached hydrogens (tertiary/aromatic N) is 2. The van der Waals surface area contributed by atoms with Gasteiger partial charge in [-0.05, 0) is 23.8 Å². The molecule has 0 N–H and O–H groups in total. The monoisotopic (exact) mass is 222 g/mol. The molecule has 4 heteroatoms. The van der Waals surface area contributed by atoms with Gasteiger partial charge >= 0.3 is 0 Å². The van der Waals surface area contributed by atoms with Gasteiger partial charge in [-0.3, -0.25) is 4.57 Å². The summed E-state index contributed by atoms with van der Waals surface area (Å²) in [6.07, 6.45) is 3.81. The summed E-state index contributed by atoms with van der Waals surface area (Å²) in [4.78, 5) is 4.27. The van der Waals surface area contributed by atoms with Crippen molar-refractivity contribution in [3.63, 3.8) is 0 Å². The average molecular weight is 223 g/mol. The van der Waals surface area contributed by atoms with E-state index in [-0.39, 0.29) is 0 Å². The largest absolute Gasteiger partial charge is 0.295 e. The van der Waals surface area contributed by atoms with Gasteiger partial charge in [-0.15, -0.1) is 0 Å². The zero-order chi connectivity index (χ0) is 9.54. The van der Waals surface area contributed by atoms with Gasteiger partial charge in [-0.2, -0.15) is 0 Å². The molecule has 0 radical (unpaired) electrons. The van der Waals surface area contributed by atoms with Crippen molar-refractivity contribution in [3.8, 4) is 5.69 Å². The maximum absolute atomic E-state index is 5.94. The normalized spacial score (nSPS) is 13.5. The number of halogens is 1. The van der Waals surface area contributed by atoms with Gasteiger partial charge in [0, 0.05) is 23.2 Å². The molecule has 3 rings (SSSR count). The fraction of sp³-hybridized carbons (Fsp3) is 0.100. The lowest BCUT2D eigenvalue weighted by atomic mass is 10.2. The highest BCUT2D eigenvalue weighted by Crippen LogP contribution is 2.33. The van der Waals surface area contributed by atoms with Crippen molar-refractivity contribution in [2.24, 2.45) is 0 Å². The minimum absolute atomic E-state index is 0.799. The van der Waals surface area contributed by atoms with E-state index in [0.717, 1.165) is 15.9 Å². The second-order valence-corrected chi connectivity index (χ2v) is 4.52. The van der Waals surface area contributed by atoms with Gasteiger partial charge < -0.3 is 0 Å². The van der Waals surface area contributed by atoms with Gasteiger partial charge in [-0.1, -0.05) is 23.4 Å². The predicted molar refractivity (Wildman–Crippen MR) is 58.1 cm³/mol. The fourth-order valence-electron chi connectivity index (χ4n) is 1.63. The number of hydrogen-bond acceptors (Lipinski definition) is 2. The summed E-state index contributed by atoms with van der Waals surface area (Å²) < 4.78 is 2.10. The van der Waals surface area contributed by atoms with E-state index in [0.29, 0.717) is 0 Å². The lowest BCUT2D eigenvalue weighted by Gasteiger charge is -2.17. The van der Waals surface area contributed by atoms with Crippen LogP contribution in [0.2, 0.25) is 5.02 Å². The molecule has 0 spiro atoms. The van der Waals surface area contributed by atoms with Crippen LogP contribution in [0.5, 0.6) is 0 Å². The molecule has 0 bridgehead atoms. The van der Waals surface area contributed by atoms with E-state index in [2.05, 4.69) is 9.55 Å². The quantitative estimate of drug-likeness (QED) is 0.682. The first-order chi connectivity index (χ1) is 6.84. The molecule has 70 valence electrons. The van der Waals surface area contributed by atoms with Gasteiger partial charge in [0.05, 0.1) is 5.69 Å². The highest BCUT2D eigenvalue weighted by molar-refractivity contribution is 7.98. The van der Waals surface area contributed by atoms with Crippen LogP contribution >= 0.6 is 23.4 Å². The maximum atomic E-state index is 5.94. The molecule has 2 heterocycles. The van der Waals surface area contributed by atoms with Gasteiger partial charge in [0.1, 0.15) is 0 Å². The maximum Gasteiger partial charge on any atom is 0.172 e. The Labute approximate surface area is 90.9 Å². The molecule has 0 aliphatic carbocycles. The summed E-state index contributed by atoms with van der Waals surface area (Å²) in [5, 5.41) is 1.85. The molecule has 0 atom stereocenters. The summed E-state index contributed by atoms with van der Waals surface area (Å²) >= 11 is 7.68. The number of thioether (sulfide) groups is 1. The molecule has 1 aromatic carbocycles. The zero-order valence-corrected chi connectivity index (χ0v) is 8.85. The van der Waals surface area contributed by atoms with E-state index in [9.17, 15) is 0 Å². The summed E-state index contributed by atoms with van der Waals surface area (Å²) in [5.74, 6) is 0.951. The van der Waals surface area contributed by atoms with Crippen molar-refractivity contribution >= 4 is 23.4 Å². The third-order valence-electron chi connectivity index (χ3n) is 2.26. The van der Waals surface area contributed by atoms with Crippen LogP contribution in [0.4, 0.5) is 0 Å². The van der Waals surface area contributed by atoms with E-state index < -0.39 is 0 Å².